The molecule has 0 aliphatic heterocycles. The standard InChI is InChI=1S/C16H17N5O/c1-11-2-4-12(5-3-11)20-15-13-6-8-21(9-7-14(17)22)16(13)19-10-18-15/h2-6,8,10H,7,9H2,1H3,(H2,17,22)(H,18,19,20). The lowest BCUT2D eigenvalue weighted by molar-refractivity contribution is -0.118. The molecule has 0 unspecified atom stereocenters. The van der Waals surface area contributed by atoms with Crippen LogP contribution in [0.25, 0.3) is 11.0 Å². The number of nitrogens with two attached hydrogens (primary N) is 1. The molecule has 2 heterocycles. The molecule has 0 aliphatic rings. The van der Waals surface area contributed by atoms with E-state index in [9.17, 15) is 4.79 Å². The Morgan fingerprint density at radius 2 is 2.00 bits per heavy atom. The molecule has 6 nitrogen and oxygen atoms in total. The molecule has 1 amide bonds. The third-order valence-electron chi connectivity index (χ3n) is 3.47. The summed E-state index contributed by atoms with van der Waals surface area (Å²) in [5.41, 5.74) is 8.16. The van der Waals surface area contributed by atoms with Gasteiger partial charge in [-0.05, 0) is 25.1 Å². The minimum absolute atomic E-state index is 0.286. The molecule has 0 spiro atoms. The van der Waals surface area contributed by atoms with E-state index >= 15 is 0 Å². The second-order valence-corrected chi connectivity index (χ2v) is 5.18. The third-order valence-corrected chi connectivity index (χ3v) is 3.47. The molecule has 1 aromatic carbocycles. The molecule has 112 valence electrons. The van der Waals surface area contributed by atoms with Crippen LogP contribution >= 0.6 is 0 Å². The number of anilines is 2. The van der Waals surface area contributed by atoms with E-state index < -0.39 is 0 Å². The van der Waals surface area contributed by atoms with E-state index in [0.717, 1.165) is 22.5 Å². The molecule has 2 aromatic heterocycles. The highest BCUT2D eigenvalue weighted by Crippen LogP contribution is 2.24. The van der Waals surface area contributed by atoms with Gasteiger partial charge in [-0.15, -0.1) is 0 Å². The molecule has 6 heteroatoms. The van der Waals surface area contributed by atoms with Crippen molar-refractivity contribution in [1.29, 1.82) is 0 Å². The van der Waals surface area contributed by atoms with Gasteiger partial charge in [-0.1, -0.05) is 17.7 Å². The Hall–Kier alpha value is -2.89. The summed E-state index contributed by atoms with van der Waals surface area (Å²) in [6.07, 6.45) is 3.69. The van der Waals surface area contributed by atoms with Crippen LogP contribution in [0.1, 0.15) is 12.0 Å². The van der Waals surface area contributed by atoms with Crippen molar-refractivity contribution < 1.29 is 4.79 Å². The predicted molar refractivity (Wildman–Crippen MR) is 85.8 cm³/mol. The van der Waals surface area contributed by atoms with Crippen LogP contribution in [-0.2, 0) is 11.3 Å². The molecule has 0 saturated heterocycles. The largest absolute Gasteiger partial charge is 0.370 e. The van der Waals surface area contributed by atoms with Crippen LogP contribution in [0.3, 0.4) is 0 Å². The fourth-order valence-corrected chi connectivity index (χ4v) is 2.29. The van der Waals surface area contributed by atoms with Gasteiger partial charge in [0.15, 0.2) is 0 Å². The van der Waals surface area contributed by atoms with Crippen LogP contribution < -0.4 is 11.1 Å². The van der Waals surface area contributed by atoms with E-state index in [1.54, 1.807) is 0 Å². The molecule has 0 bridgehead atoms. The normalized spacial score (nSPS) is 10.8. The second-order valence-electron chi connectivity index (χ2n) is 5.18. The number of carbonyl (C=O) groups is 1. The van der Waals surface area contributed by atoms with Crippen LogP contribution in [0.5, 0.6) is 0 Å². The smallest absolute Gasteiger partial charge is 0.219 e. The molecule has 3 rings (SSSR count). The average Bonchev–Trinajstić information content (AvgIpc) is 2.92. The van der Waals surface area contributed by atoms with Crippen molar-refractivity contribution in [3.63, 3.8) is 0 Å². The first kappa shape index (κ1) is 14.1. The van der Waals surface area contributed by atoms with Crippen molar-refractivity contribution in [2.24, 2.45) is 5.73 Å². The van der Waals surface area contributed by atoms with E-state index in [0.29, 0.717) is 6.54 Å². The number of fused-ring (bicyclic) bond motifs is 1. The monoisotopic (exact) mass is 295 g/mol. The van der Waals surface area contributed by atoms with Crippen LogP contribution in [0.15, 0.2) is 42.9 Å². The fourth-order valence-electron chi connectivity index (χ4n) is 2.29. The van der Waals surface area contributed by atoms with Gasteiger partial charge in [0, 0.05) is 24.8 Å². The quantitative estimate of drug-likeness (QED) is 0.756. The van der Waals surface area contributed by atoms with Gasteiger partial charge in [-0.2, -0.15) is 0 Å². The minimum atomic E-state index is -0.325. The number of carbonyl (C=O) groups excluding carboxylic acids is 1. The summed E-state index contributed by atoms with van der Waals surface area (Å²) < 4.78 is 1.90. The first-order valence-electron chi connectivity index (χ1n) is 7.05. The predicted octanol–water partition coefficient (Wildman–Crippen LogP) is 2.36. The first-order valence-corrected chi connectivity index (χ1v) is 7.05. The maximum Gasteiger partial charge on any atom is 0.219 e. The van der Waals surface area contributed by atoms with Crippen LogP contribution in [0.2, 0.25) is 0 Å². The topological polar surface area (TPSA) is 85.8 Å². The maximum atomic E-state index is 10.9. The van der Waals surface area contributed by atoms with Gasteiger partial charge in [-0.3, -0.25) is 4.79 Å². The molecule has 3 aromatic rings. The highest BCUT2D eigenvalue weighted by molar-refractivity contribution is 5.89. The molecular weight excluding hydrogens is 278 g/mol. The number of nitrogens with one attached hydrogen (secondary N) is 1. The number of aromatic nitrogens is 3. The number of primary amides is 1. The molecule has 22 heavy (non-hydrogen) atoms. The van der Waals surface area contributed by atoms with Crippen molar-refractivity contribution >= 4 is 28.4 Å². The highest BCUT2D eigenvalue weighted by atomic mass is 16.1. The van der Waals surface area contributed by atoms with Crippen molar-refractivity contribution in [2.45, 2.75) is 19.9 Å². The zero-order valence-corrected chi connectivity index (χ0v) is 12.3. The fraction of sp³-hybridized carbons (Fsp3) is 0.188. The van der Waals surface area contributed by atoms with Gasteiger partial charge in [0.1, 0.15) is 17.8 Å². The average molecular weight is 295 g/mol. The van der Waals surface area contributed by atoms with Gasteiger partial charge < -0.3 is 15.6 Å². The number of hydrogen-bond acceptors (Lipinski definition) is 4. The molecule has 3 N–H and O–H groups in total. The summed E-state index contributed by atoms with van der Waals surface area (Å²) in [6, 6.07) is 10.0. The van der Waals surface area contributed by atoms with Crippen LogP contribution in [-0.4, -0.2) is 20.4 Å². The Morgan fingerprint density at radius 1 is 1.23 bits per heavy atom. The van der Waals surface area contributed by atoms with E-state index in [4.69, 9.17) is 5.73 Å². The molecule has 0 atom stereocenters. The second kappa shape index (κ2) is 5.85. The van der Waals surface area contributed by atoms with Gasteiger partial charge in [0.05, 0.1) is 5.39 Å². The van der Waals surface area contributed by atoms with Crippen molar-refractivity contribution in [1.82, 2.24) is 14.5 Å². The number of benzene rings is 1. The number of nitrogens with zero attached hydrogens (tertiary/aromatic N) is 3. The lowest BCUT2D eigenvalue weighted by Crippen LogP contribution is -2.13. The minimum Gasteiger partial charge on any atom is -0.370 e. The van der Waals surface area contributed by atoms with Crippen LogP contribution in [0, 0.1) is 6.92 Å². The summed E-state index contributed by atoms with van der Waals surface area (Å²) in [5.74, 6) is 0.417. The summed E-state index contributed by atoms with van der Waals surface area (Å²) in [7, 11) is 0. The summed E-state index contributed by atoms with van der Waals surface area (Å²) >= 11 is 0. The number of amides is 1. The van der Waals surface area contributed by atoms with E-state index in [1.165, 1.54) is 11.9 Å². The SMILES string of the molecule is Cc1ccc(Nc2ncnc3c2ccn3CCC(N)=O)cc1. The lowest BCUT2D eigenvalue weighted by atomic mass is 10.2. The maximum absolute atomic E-state index is 10.9. The Balaban J connectivity index is 1.90. The third kappa shape index (κ3) is 2.90. The summed E-state index contributed by atoms with van der Waals surface area (Å²) in [6.45, 7) is 2.56. The molecule has 0 fully saturated rings. The molecular formula is C16H17N5O. The Bertz CT molecular complexity index is 807. The summed E-state index contributed by atoms with van der Waals surface area (Å²) in [5, 5.41) is 4.21. The van der Waals surface area contributed by atoms with Crippen LogP contribution in [0.4, 0.5) is 11.5 Å². The zero-order chi connectivity index (χ0) is 15.5. The van der Waals surface area contributed by atoms with Gasteiger partial charge in [-0.25, -0.2) is 9.97 Å². The molecule has 0 saturated carbocycles. The number of hydrogen-bond donors (Lipinski definition) is 2. The Morgan fingerprint density at radius 3 is 2.73 bits per heavy atom. The van der Waals surface area contributed by atoms with Crippen molar-refractivity contribution in [2.75, 3.05) is 5.32 Å². The van der Waals surface area contributed by atoms with Gasteiger partial charge in [0.25, 0.3) is 0 Å². The Kier molecular flexibility index (Phi) is 3.74. The zero-order valence-electron chi connectivity index (χ0n) is 12.3. The van der Waals surface area contributed by atoms with Gasteiger partial charge in [0.2, 0.25) is 5.91 Å². The van der Waals surface area contributed by atoms with E-state index in [-0.39, 0.29) is 12.3 Å². The number of aryl methyl sites for hydroxylation is 2. The number of rotatable bonds is 5. The lowest BCUT2D eigenvalue weighted by Gasteiger charge is -2.08. The summed E-state index contributed by atoms with van der Waals surface area (Å²) in [4.78, 5) is 19.5. The Labute approximate surface area is 128 Å². The van der Waals surface area contributed by atoms with Crippen molar-refractivity contribution in [3.05, 3.63) is 48.4 Å². The highest BCUT2D eigenvalue weighted by Gasteiger charge is 2.09. The van der Waals surface area contributed by atoms with Gasteiger partial charge >= 0.3 is 0 Å². The van der Waals surface area contributed by atoms with E-state index in [1.807, 2.05) is 48.0 Å². The molecule has 0 radical (unpaired) electrons. The van der Waals surface area contributed by atoms with E-state index in [2.05, 4.69) is 15.3 Å². The van der Waals surface area contributed by atoms with Crippen molar-refractivity contribution in [3.8, 4) is 0 Å². The first-order chi connectivity index (χ1) is 10.6. The molecule has 0 aliphatic carbocycles.